The van der Waals surface area contributed by atoms with E-state index in [2.05, 4.69) is 0 Å². The van der Waals surface area contributed by atoms with Crippen molar-refractivity contribution >= 4 is 17.7 Å². The van der Waals surface area contributed by atoms with E-state index in [1.54, 1.807) is 18.2 Å². The predicted molar refractivity (Wildman–Crippen MR) is 70.2 cm³/mol. The van der Waals surface area contributed by atoms with E-state index >= 15 is 0 Å². The maximum absolute atomic E-state index is 11.4. The molecular formula is C15H10O5. The van der Waals surface area contributed by atoms with Crippen molar-refractivity contribution in [1.29, 1.82) is 0 Å². The fourth-order valence-electron chi connectivity index (χ4n) is 1.65. The summed E-state index contributed by atoms with van der Waals surface area (Å²) in [6.07, 6.45) is 0. The lowest BCUT2D eigenvalue weighted by Gasteiger charge is -2.08. The molecule has 2 rings (SSSR count). The van der Waals surface area contributed by atoms with Crippen LogP contribution in [0.25, 0.3) is 11.1 Å². The third-order valence-corrected chi connectivity index (χ3v) is 2.55. The van der Waals surface area contributed by atoms with Gasteiger partial charge in [0.2, 0.25) is 0 Å². The number of ketones is 1. The van der Waals surface area contributed by atoms with Crippen LogP contribution in [0.15, 0.2) is 54.6 Å². The number of carboxylic acids is 1. The van der Waals surface area contributed by atoms with E-state index in [-0.39, 0.29) is 5.75 Å². The number of carboxylic acid groups (broad SMARTS) is 1. The zero-order chi connectivity index (χ0) is 14.5. The van der Waals surface area contributed by atoms with Crippen LogP contribution in [0, 0.1) is 0 Å². The lowest BCUT2D eigenvalue weighted by Crippen LogP contribution is -2.27. The summed E-state index contributed by atoms with van der Waals surface area (Å²) in [5.74, 6) is -4.72. The number of hydrogen-bond donors (Lipinski definition) is 1. The van der Waals surface area contributed by atoms with E-state index in [4.69, 9.17) is 9.84 Å². The molecule has 0 radical (unpaired) electrons. The van der Waals surface area contributed by atoms with Crippen molar-refractivity contribution in [3.63, 3.8) is 0 Å². The van der Waals surface area contributed by atoms with Crippen LogP contribution in [-0.4, -0.2) is 22.8 Å². The number of rotatable bonds is 4. The van der Waals surface area contributed by atoms with E-state index in [0.29, 0.717) is 5.56 Å². The molecule has 0 saturated heterocycles. The Labute approximate surface area is 114 Å². The monoisotopic (exact) mass is 270 g/mol. The first kappa shape index (κ1) is 13.5. The van der Waals surface area contributed by atoms with Crippen molar-refractivity contribution in [3.05, 3.63) is 54.6 Å². The Bertz CT molecular complexity index is 661. The molecule has 0 bridgehead atoms. The van der Waals surface area contributed by atoms with Gasteiger partial charge in [-0.2, -0.15) is 0 Å². The van der Waals surface area contributed by atoms with Crippen molar-refractivity contribution < 1.29 is 24.2 Å². The molecule has 5 nitrogen and oxygen atoms in total. The minimum Gasteiger partial charge on any atom is -0.475 e. The molecule has 0 aromatic heterocycles. The summed E-state index contributed by atoms with van der Waals surface area (Å²) in [6, 6.07) is 15.7. The summed E-state index contributed by atoms with van der Waals surface area (Å²) in [5.41, 5.74) is 1.39. The molecule has 0 aliphatic heterocycles. The van der Waals surface area contributed by atoms with Gasteiger partial charge in [0.1, 0.15) is 5.75 Å². The Morgan fingerprint density at radius 1 is 0.850 bits per heavy atom. The highest BCUT2D eigenvalue weighted by Crippen LogP contribution is 2.29. The van der Waals surface area contributed by atoms with Gasteiger partial charge in [-0.25, -0.2) is 9.59 Å². The van der Waals surface area contributed by atoms with Gasteiger partial charge in [0.25, 0.3) is 0 Å². The molecule has 2 aromatic carbocycles. The largest absolute Gasteiger partial charge is 0.475 e. The second kappa shape index (κ2) is 5.79. The number of aliphatic carboxylic acids is 1. The summed E-state index contributed by atoms with van der Waals surface area (Å²) >= 11 is 0. The van der Waals surface area contributed by atoms with Crippen molar-refractivity contribution in [1.82, 2.24) is 0 Å². The average molecular weight is 270 g/mol. The Kier molecular flexibility index (Phi) is 3.91. The number of para-hydroxylation sites is 1. The normalized spacial score (nSPS) is 9.80. The Morgan fingerprint density at radius 3 is 2.10 bits per heavy atom. The van der Waals surface area contributed by atoms with Crippen molar-refractivity contribution in [3.8, 4) is 16.9 Å². The first-order valence-corrected chi connectivity index (χ1v) is 5.73. The molecule has 0 amide bonds. The number of ether oxygens (including phenoxy) is 1. The molecule has 0 aliphatic rings. The van der Waals surface area contributed by atoms with Crippen LogP contribution < -0.4 is 4.74 Å². The molecule has 2 aromatic rings. The van der Waals surface area contributed by atoms with Crippen molar-refractivity contribution in [2.24, 2.45) is 0 Å². The Hall–Kier alpha value is -2.95. The van der Waals surface area contributed by atoms with Gasteiger partial charge in [-0.05, 0) is 11.6 Å². The number of benzene rings is 2. The van der Waals surface area contributed by atoms with Crippen molar-refractivity contribution in [2.75, 3.05) is 0 Å². The molecule has 0 saturated carbocycles. The summed E-state index contributed by atoms with van der Waals surface area (Å²) in [5, 5.41) is 8.47. The van der Waals surface area contributed by atoms with Crippen LogP contribution in [-0.2, 0) is 14.4 Å². The van der Waals surface area contributed by atoms with Crippen molar-refractivity contribution in [2.45, 2.75) is 0 Å². The average Bonchev–Trinajstić information content (AvgIpc) is 2.47. The van der Waals surface area contributed by atoms with Gasteiger partial charge in [0, 0.05) is 5.56 Å². The third-order valence-electron chi connectivity index (χ3n) is 2.55. The summed E-state index contributed by atoms with van der Waals surface area (Å²) in [7, 11) is 0. The highest BCUT2D eigenvalue weighted by Gasteiger charge is 2.25. The zero-order valence-corrected chi connectivity index (χ0v) is 10.3. The first-order chi connectivity index (χ1) is 9.59. The molecule has 1 N–H and O–H groups in total. The van der Waals surface area contributed by atoms with Crippen LogP contribution in [0.3, 0.4) is 0 Å². The topological polar surface area (TPSA) is 80.7 Å². The number of esters is 1. The van der Waals surface area contributed by atoms with Crippen LogP contribution in [0.1, 0.15) is 0 Å². The van der Waals surface area contributed by atoms with Gasteiger partial charge in [0.05, 0.1) is 0 Å². The molecular weight excluding hydrogens is 260 g/mol. The third kappa shape index (κ3) is 2.89. The fraction of sp³-hybridized carbons (Fsp3) is 0. The van der Waals surface area contributed by atoms with Gasteiger partial charge in [-0.15, -0.1) is 0 Å². The number of carbonyl (C=O) groups is 3. The molecule has 5 heteroatoms. The van der Waals surface area contributed by atoms with Gasteiger partial charge in [-0.3, -0.25) is 4.79 Å². The molecule has 0 heterocycles. The van der Waals surface area contributed by atoms with Crippen LogP contribution >= 0.6 is 0 Å². The summed E-state index contributed by atoms with van der Waals surface area (Å²) < 4.78 is 4.85. The number of hydrogen-bond acceptors (Lipinski definition) is 4. The minimum absolute atomic E-state index is 0.137. The molecule has 20 heavy (non-hydrogen) atoms. The highest BCUT2D eigenvalue weighted by atomic mass is 16.5. The van der Waals surface area contributed by atoms with Gasteiger partial charge in [0.15, 0.2) is 0 Å². The molecule has 0 unspecified atom stereocenters. The van der Waals surface area contributed by atoms with E-state index < -0.39 is 17.7 Å². The SMILES string of the molecule is O=C(O)C(=O)C(=O)Oc1ccccc1-c1ccccc1. The quantitative estimate of drug-likeness (QED) is 0.397. The van der Waals surface area contributed by atoms with E-state index in [1.165, 1.54) is 6.07 Å². The fourth-order valence-corrected chi connectivity index (χ4v) is 1.65. The maximum Gasteiger partial charge on any atom is 0.392 e. The van der Waals surface area contributed by atoms with E-state index in [9.17, 15) is 14.4 Å². The second-order valence-electron chi connectivity index (χ2n) is 3.89. The van der Waals surface area contributed by atoms with Gasteiger partial charge < -0.3 is 9.84 Å². The van der Waals surface area contributed by atoms with Gasteiger partial charge >= 0.3 is 17.7 Å². The predicted octanol–water partition coefficient (Wildman–Crippen LogP) is 1.91. The number of carbonyl (C=O) groups excluding carboxylic acids is 2. The Balaban J connectivity index is 2.32. The van der Waals surface area contributed by atoms with E-state index in [0.717, 1.165) is 5.56 Å². The zero-order valence-electron chi connectivity index (χ0n) is 10.3. The number of Topliss-reactive ketones (excluding diaryl/α,β-unsaturated/α-hetero) is 1. The second-order valence-corrected chi connectivity index (χ2v) is 3.89. The maximum atomic E-state index is 11.4. The molecule has 0 atom stereocenters. The summed E-state index contributed by atoms with van der Waals surface area (Å²) in [6.45, 7) is 0. The van der Waals surface area contributed by atoms with E-state index in [1.807, 2.05) is 30.3 Å². The van der Waals surface area contributed by atoms with Crippen LogP contribution in [0.5, 0.6) is 5.75 Å². The highest BCUT2D eigenvalue weighted by molar-refractivity contribution is 6.60. The van der Waals surface area contributed by atoms with Crippen LogP contribution in [0.2, 0.25) is 0 Å². The molecule has 100 valence electrons. The summed E-state index contributed by atoms with van der Waals surface area (Å²) in [4.78, 5) is 32.8. The smallest absolute Gasteiger partial charge is 0.392 e. The Morgan fingerprint density at radius 2 is 1.45 bits per heavy atom. The molecule has 0 fully saturated rings. The first-order valence-electron chi connectivity index (χ1n) is 5.73. The lowest BCUT2D eigenvalue weighted by molar-refractivity contribution is -0.157. The minimum atomic E-state index is -1.84. The van der Waals surface area contributed by atoms with Crippen LogP contribution in [0.4, 0.5) is 0 Å². The molecule has 0 spiro atoms. The standard InChI is InChI=1S/C15H10O5/c16-13(14(17)18)15(19)20-12-9-5-4-8-11(12)10-6-2-1-3-7-10/h1-9H,(H,17,18). The van der Waals surface area contributed by atoms with Gasteiger partial charge in [-0.1, -0.05) is 48.5 Å². The lowest BCUT2D eigenvalue weighted by atomic mass is 10.1. The molecule has 0 aliphatic carbocycles.